The van der Waals surface area contributed by atoms with Crippen molar-refractivity contribution in [1.29, 1.82) is 0 Å². The average molecular weight is 403 g/mol. The molecule has 4 rings (SSSR count). The van der Waals surface area contributed by atoms with Crippen LogP contribution in [-0.2, 0) is 4.79 Å². The number of anilines is 2. The third kappa shape index (κ3) is 3.16. The molecule has 1 aliphatic rings. The summed E-state index contributed by atoms with van der Waals surface area (Å²) in [5.41, 5.74) is 3.78. The monoisotopic (exact) mass is 402 g/mol. The maximum absolute atomic E-state index is 12.8. The van der Waals surface area contributed by atoms with Gasteiger partial charge in [0, 0.05) is 23.0 Å². The molecule has 3 aromatic rings. The maximum atomic E-state index is 12.8. The molecular formula is C19H15ClN2O2S2. The second-order valence-corrected chi connectivity index (χ2v) is 8.36. The zero-order valence-electron chi connectivity index (χ0n) is 13.8. The Kier molecular flexibility index (Phi) is 4.56. The van der Waals surface area contributed by atoms with E-state index < -0.39 is 0 Å². The Bertz CT molecular complexity index is 978. The van der Waals surface area contributed by atoms with Crippen LogP contribution in [0.4, 0.5) is 10.7 Å². The molecule has 4 nitrogen and oxygen atoms in total. The molecule has 3 heterocycles. The lowest BCUT2D eigenvalue weighted by atomic mass is 9.86. The Labute approximate surface area is 163 Å². The van der Waals surface area contributed by atoms with Gasteiger partial charge in [-0.05, 0) is 64.7 Å². The molecule has 0 spiro atoms. The van der Waals surface area contributed by atoms with Gasteiger partial charge in [0.25, 0.3) is 5.91 Å². The summed E-state index contributed by atoms with van der Waals surface area (Å²) in [6.07, 6.45) is 0.402. The van der Waals surface area contributed by atoms with Gasteiger partial charge in [0.2, 0.25) is 5.91 Å². The molecule has 132 valence electrons. The minimum absolute atomic E-state index is 0.00154. The minimum Gasteiger partial charge on any atom is -0.321 e. The van der Waals surface area contributed by atoms with Crippen molar-refractivity contribution in [1.82, 2.24) is 0 Å². The number of thiophene rings is 2. The third-order valence-corrected chi connectivity index (χ3v) is 6.61. The van der Waals surface area contributed by atoms with Gasteiger partial charge in [0.1, 0.15) is 0 Å². The molecule has 0 fully saturated rings. The fourth-order valence-corrected chi connectivity index (χ4v) is 5.22. The lowest BCUT2D eigenvalue weighted by molar-refractivity contribution is -0.116. The Morgan fingerprint density at radius 1 is 1.27 bits per heavy atom. The summed E-state index contributed by atoms with van der Waals surface area (Å²) >= 11 is 8.83. The molecule has 1 aliphatic heterocycles. The molecule has 2 N–H and O–H groups in total. The highest BCUT2D eigenvalue weighted by Gasteiger charge is 2.33. The average Bonchev–Trinajstić information content (AvgIpc) is 3.25. The number of carbonyl (C=O) groups excluding carboxylic acids is 2. The molecule has 0 bridgehead atoms. The molecule has 0 aliphatic carbocycles. The lowest BCUT2D eigenvalue weighted by Crippen LogP contribution is -2.22. The predicted octanol–water partition coefficient (Wildman–Crippen LogP) is 5.50. The number of hydrogen-bond donors (Lipinski definition) is 2. The quantitative estimate of drug-likeness (QED) is 0.607. The van der Waals surface area contributed by atoms with Crippen LogP contribution in [0.2, 0.25) is 5.02 Å². The van der Waals surface area contributed by atoms with Crippen molar-refractivity contribution in [3.05, 3.63) is 67.7 Å². The van der Waals surface area contributed by atoms with Crippen LogP contribution in [-0.4, -0.2) is 11.8 Å². The zero-order chi connectivity index (χ0) is 18.3. The second-order valence-electron chi connectivity index (χ2n) is 6.12. The number of rotatable bonds is 3. The number of amides is 2. The molecule has 0 saturated carbocycles. The minimum atomic E-state index is -0.178. The summed E-state index contributed by atoms with van der Waals surface area (Å²) in [6, 6.07) is 9.03. The van der Waals surface area contributed by atoms with Crippen LogP contribution in [0.25, 0.3) is 0 Å². The van der Waals surface area contributed by atoms with Gasteiger partial charge in [-0.2, -0.15) is 11.3 Å². The number of nitrogens with one attached hydrogen (secondary N) is 2. The number of benzene rings is 1. The molecule has 0 saturated heterocycles. The predicted molar refractivity (Wildman–Crippen MR) is 108 cm³/mol. The maximum Gasteiger partial charge on any atom is 0.266 e. The summed E-state index contributed by atoms with van der Waals surface area (Å²) in [5.74, 6) is -0.194. The van der Waals surface area contributed by atoms with E-state index in [0.717, 1.165) is 21.7 Å². The number of carbonyl (C=O) groups is 2. The van der Waals surface area contributed by atoms with Crippen LogP contribution < -0.4 is 10.6 Å². The van der Waals surface area contributed by atoms with Gasteiger partial charge in [-0.1, -0.05) is 11.6 Å². The van der Waals surface area contributed by atoms with E-state index in [1.165, 1.54) is 11.3 Å². The molecule has 1 atom stereocenters. The van der Waals surface area contributed by atoms with Gasteiger partial charge in [-0.25, -0.2) is 0 Å². The largest absolute Gasteiger partial charge is 0.321 e. The Morgan fingerprint density at radius 2 is 2.04 bits per heavy atom. The third-order valence-electron chi connectivity index (χ3n) is 4.44. The van der Waals surface area contributed by atoms with E-state index in [2.05, 4.69) is 16.0 Å². The Hall–Kier alpha value is -2.15. The summed E-state index contributed by atoms with van der Waals surface area (Å²) < 4.78 is 0. The fraction of sp³-hybridized carbons (Fsp3) is 0.158. The van der Waals surface area contributed by atoms with Crippen molar-refractivity contribution in [2.75, 3.05) is 10.6 Å². The first-order valence-corrected chi connectivity index (χ1v) is 10.2. The Morgan fingerprint density at radius 3 is 2.73 bits per heavy atom. The van der Waals surface area contributed by atoms with Gasteiger partial charge < -0.3 is 10.6 Å². The van der Waals surface area contributed by atoms with E-state index in [0.29, 0.717) is 22.0 Å². The first-order valence-electron chi connectivity index (χ1n) is 8.05. The van der Waals surface area contributed by atoms with E-state index in [1.54, 1.807) is 35.6 Å². The van der Waals surface area contributed by atoms with E-state index >= 15 is 0 Å². The van der Waals surface area contributed by atoms with Crippen molar-refractivity contribution >= 4 is 56.8 Å². The normalized spacial score (nSPS) is 16.1. The zero-order valence-corrected chi connectivity index (χ0v) is 16.2. The van der Waals surface area contributed by atoms with Crippen LogP contribution in [0.15, 0.2) is 41.1 Å². The van der Waals surface area contributed by atoms with Gasteiger partial charge in [-0.15, -0.1) is 11.3 Å². The summed E-state index contributed by atoms with van der Waals surface area (Å²) in [7, 11) is 0. The van der Waals surface area contributed by atoms with Crippen LogP contribution in [0.3, 0.4) is 0 Å². The second kappa shape index (κ2) is 6.87. The number of fused-ring (bicyclic) bond motifs is 1. The van der Waals surface area contributed by atoms with Crippen LogP contribution in [0, 0.1) is 6.92 Å². The molecule has 26 heavy (non-hydrogen) atoms. The van der Waals surface area contributed by atoms with Crippen molar-refractivity contribution < 1.29 is 9.59 Å². The van der Waals surface area contributed by atoms with E-state index in [4.69, 9.17) is 11.6 Å². The first-order chi connectivity index (χ1) is 12.5. The highest BCUT2D eigenvalue weighted by molar-refractivity contribution is 7.18. The van der Waals surface area contributed by atoms with E-state index in [1.807, 2.05) is 18.4 Å². The van der Waals surface area contributed by atoms with Crippen molar-refractivity contribution in [2.24, 2.45) is 0 Å². The number of hydrogen-bond acceptors (Lipinski definition) is 4. The van der Waals surface area contributed by atoms with Crippen molar-refractivity contribution in [3.63, 3.8) is 0 Å². The molecule has 2 aromatic heterocycles. The molecule has 2 amide bonds. The number of halogens is 1. The summed E-state index contributed by atoms with van der Waals surface area (Å²) in [4.78, 5) is 25.5. The Balaban J connectivity index is 1.69. The molecule has 0 unspecified atom stereocenters. The smallest absolute Gasteiger partial charge is 0.266 e. The van der Waals surface area contributed by atoms with E-state index in [9.17, 15) is 9.59 Å². The van der Waals surface area contributed by atoms with Crippen LogP contribution in [0.1, 0.15) is 38.7 Å². The molecule has 1 aromatic carbocycles. The summed E-state index contributed by atoms with van der Waals surface area (Å²) in [6.45, 7) is 1.95. The van der Waals surface area contributed by atoms with Gasteiger partial charge >= 0.3 is 0 Å². The first kappa shape index (κ1) is 17.3. The molecule has 7 heteroatoms. The lowest BCUT2D eigenvalue weighted by Gasteiger charge is -2.23. The van der Waals surface area contributed by atoms with Gasteiger partial charge in [0.15, 0.2) is 0 Å². The highest BCUT2D eigenvalue weighted by atomic mass is 35.5. The molecule has 0 radical (unpaired) electrons. The standard InChI is InChI=1S/C19H15ClN2O2S2/c1-10-16-14(11-6-7-25-9-11)8-15(23)22-19(16)26-17(10)18(24)21-13-4-2-12(20)3-5-13/h2-7,9,14H,8H2,1H3,(H,21,24)(H,22,23)/t14-/m0/s1. The van der Waals surface area contributed by atoms with Crippen LogP contribution in [0.5, 0.6) is 0 Å². The van der Waals surface area contributed by atoms with Gasteiger partial charge in [0.05, 0.1) is 9.88 Å². The van der Waals surface area contributed by atoms with Gasteiger partial charge in [-0.3, -0.25) is 9.59 Å². The van der Waals surface area contributed by atoms with Crippen molar-refractivity contribution in [3.8, 4) is 0 Å². The SMILES string of the molecule is Cc1c(C(=O)Nc2ccc(Cl)cc2)sc2c1[C@H](c1ccsc1)CC(=O)N2. The van der Waals surface area contributed by atoms with E-state index in [-0.39, 0.29) is 17.7 Å². The molecular weight excluding hydrogens is 388 g/mol. The summed E-state index contributed by atoms with van der Waals surface area (Å²) in [5, 5.41) is 11.3. The van der Waals surface area contributed by atoms with Crippen molar-refractivity contribution in [2.45, 2.75) is 19.3 Å². The topological polar surface area (TPSA) is 58.2 Å². The fourth-order valence-electron chi connectivity index (χ4n) is 3.20. The highest BCUT2D eigenvalue weighted by Crippen LogP contribution is 2.45. The van der Waals surface area contributed by atoms with Crippen LogP contribution >= 0.6 is 34.3 Å².